The molecule has 12 heteroatoms. The van der Waals surface area contributed by atoms with E-state index in [0.29, 0.717) is 30.7 Å². The zero-order valence-electron chi connectivity index (χ0n) is 33.9. The molecule has 1 aliphatic rings. The van der Waals surface area contributed by atoms with Crippen molar-refractivity contribution in [1.82, 2.24) is 9.80 Å². The van der Waals surface area contributed by atoms with Crippen LogP contribution in [0.25, 0.3) is 0 Å². The molecule has 0 radical (unpaired) electrons. The first-order chi connectivity index (χ1) is 23.4. The van der Waals surface area contributed by atoms with Gasteiger partial charge < -0.3 is 49.0 Å². The molecule has 10 unspecified atom stereocenters. The molecule has 0 aliphatic carbocycles. The van der Waals surface area contributed by atoms with E-state index in [9.17, 15) is 25.2 Å². The summed E-state index contributed by atoms with van der Waals surface area (Å²) in [5.41, 5.74) is 0. The molecule has 0 bridgehead atoms. The lowest BCUT2D eigenvalue weighted by Gasteiger charge is -2.36. The van der Waals surface area contributed by atoms with Crippen molar-refractivity contribution in [2.45, 2.75) is 183 Å². The van der Waals surface area contributed by atoms with E-state index >= 15 is 0 Å². The van der Waals surface area contributed by atoms with E-state index in [0.717, 1.165) is 51.5 Å². The molecule has 300 valence electrons. The Bertz CT molecular complexity index is 844. The van der Waals surface area contributed by atoms with Gasteiger partial charge in [0, 0.05) is 38.6 Å². The highest BCUT2D eigenvalue weighted by molar-refractivity contribution is 5.72. The number of carbonyl (C=O) groups is 1. The van der Waals surface area contributed by atoms with Crippen LogP contribution < -0.4 is 0 Å². The quantitative estimate of drug-likeness (QED) is 0.0753. The molecular formula is C38H78N2O10. The van der Waals surface area contributed by atoms with E-state index in [1.807, 2.05) is 27.9 Å². The van der Waals surface area contributed by atoms with E-state index in [-0.39, 0.29) is 24.8 Å². The summed E-state index contributed by atoms with van der Waals surface area (Å²) < 4.78 is 27.9. The Hall–Kier alpha value is -0.930. The maximum atomic E-state index is 12.9. The van der Waals surface area contributed by atoms with E-state index in [4.69, 9.17) is 23.7 Å². The lowest BCUT2D eigenvalue weighted by atomic mass is 9.84. The predicted molar refractivity (Wildman–Crippen MR) is 197 cm³/mol. The zero-order valence-corrected chi connectivity index (χ0v) is 33.9. The highest BCUT2D eigenvalue weighted by Crippen LogP contribution is 2.30. The van der Waals surface area contributed by atoms with Crippen molar-refractivity contribution in [2.24, 2.45) is 23.7 Å². The van der Waals surface area contributed by atoms with Crippen LogP contribution in [0.3, 0.4) is 0 Å². The van der Waals surface area contributed by atoms with Crippen molar-refractivity contribution >= 4 is 5.97 Å². The molecule has 1 fully saturated rings. The van der Waals surface area contributed by atoms with Crippen LogP contribution >= 0.6 is 0 Å². The lowest BCUT2D eigenvalue weighted by Crippen LogP contribution is -2.42. The molecule has 13 atom stereocenters. The molecule has 1 saturated heterocycles. The van der Waals surface area contributed by atoms with Crippen LogP contribution in [-0.2, 0) is 28.5 Å². The van der Waals surface area contributed by atoms with Gasteiger partial charge in [0.1, 0.15) is 6.10 Å². The highest BCUT2D eigenvalue weighted by atomic mass is 16.7. The lowest BCUT2D eigenvalue weighted by molar-refractivity contribution is -0.255. The smallest absolute Gasteiger partial charge is 0.313 e. The van der Waals surface area contributed by atoms with Gasteiger partial charge in [-0.25, -0.2) is 0 Å². The molecule has 0 aromatic heterocycles. The van der Waals surface area contributed by atoms with Crippen molar-refractivity contribution in [3.63, 3.8) is 0 Å². The molecule has 0 saturated carbocycles. The Balaban J connectivity index is 0.00000183. The van der Waals surface area contributed by atoms with Crippen LogP contribution in [0.2, 0.25) is 0 Å². The molecular weight excluding hydrogens is 644 g/mol. The van der Waals surface area contributed by atoms with Gasteiger partial charge in [-0.15, -0.1) is 0 Å². The highest BCUT2D eigenvalue weighted by Gasteiger charge is 2.36. The molecule has 1 rings (SSSR count). The van der Waals surface area contributed by atoms with E-state index in [1.165, 1.54) is 7.11 Å². The summed E-state index contributed by atoms with van der Waals surface area (Å²) in [5.74, 6) is -0.350. The van der Waals surface area contributed by atoms with Crippen molar-refractivity contribution in [3.05, 3.63) is 0 Å². The van der Waals surface area contributed by atoms with Crippen LogP contribution in [0.4, 0.5) is 0 Å². The number of carbonyl (C=O) groups excluding carboxylic acids is 1. The molecule has 0 aromatic carbocycles. The first-order valence-corrected chi connectivity index (χ1v) is 19.2. The summed E-state index contributed by atoms with van der Waals surface area (Å²) in [7, 11) is 5.48. The van der Waals surface area contributed by atoms with Gasteiger partial charge in [0.25, 0.3) is 0 Å². The number of methoxy groups -OCH3 is 1. The Morgan fingerprint density at radius 1 is 0.920 bits per heavy atom. The minimum Gasteiger partial charge on any atom is -0.436 e. The van der Waals surface area contributed by atoms with Gasteiger partial charge in [-0.1, -0.05) is 54.4 Å². The normalized spacial score (nSPS) is 24.3. The maximum Gasteiger partial charge on any atom is 0.313 e. The van der Waals surface area contributed by atoms with E-state index < -0.39 is 49.3 Å². The predicted octanol–water partition coefficient (Wildman–Crippen LogP) is 5.34. The fourth-order valence-corrected chi connectivity index (χ4v) is 6.75. The second-order valence-corrected chi connectivity index (χ2v) is 15.1. The van der Waals surface area contributed by atoms with Crippen LogP contribution in [0.5, 0.6) is 0 Å². The fourth-order valence-electron chi connectivity index (χ4n) is 6.75. The van der Waals surface area contributed by atoms with E-state index in [1.54, 1.807) is 20.8 Å². The van der Waals surface area contributed by atoms with Crippen LogP contribution in [0.15, 0.2) is 0 Å². The van der Waals surface area contributed by atoms with Gasteiger partial charge in [-0.05, 0) is 91.6 Å². The van der Waals surface area contributed by atoms with Crippen molar-refractivity contribution in [3.8, 4) is 0 Å². The standard InChI is InChI=1S/C30H61NO8.C8H17NO2/c1-11-14-20(4)18-31(19-32)23(7)17-21(5)16-22(6)28(24(8)29(34)38-26(33)13-3)39-27(15-12-2)37-25(9)30(35)36-10;1-6-4-7(9(2)3)5-8(10)11-6/h20-28,30,32-33,35H,11-19H2,1-10H3;6-8,10H,4-5H2,1-3H3/t20-,21?,22?,23-,24?,25+,26?,27?,28?,30?;/m1./s1. The summed E-state index contributed by atoms with van der Waals surface area (Å²) in [4.78, 5) is 17.2. The number of ether oxygens (including phenoxy) is 5. The summed E-state index contributed by atoms with van der Waals surface area (Å²) in [5, 5.41) is 39.2. The Kier molecular flexibility index (Phi) is 26.3. The number of hydrogen-bond donors (Lipinski definition) is 4. The SMILES string of the molecule is CC1CC(N(C)C)CC(O)O1.CCCC(OC(C(C)CC(C)C[C@@H](C)N(CO)C[C@H](C)CCC)C(C)C(=O)OC(O)CC)O[C@@H](C)C(O)OC. The summed E-state index contributed by atoms with van der Waals surface area (Å²) in [6.07, 6.45) is 2.96. The summed E-state index contributed by atoms with van der Waals surface area (Å²) in [6.45, 7) is 21.0. The molecule has 0 spiro atoms. The van der Waals surface area contributed by atoms with Gasteiger partial charge in [-0.2, -0.15) is 0 Å². The Labute approximate surface area is 305 Å². The second kappa shape index (κ2) is 26.8. The molecule has 12 nitrogen and oxygen atoms in total. The number of nitrogens with zero attached hydrogens (tertiary/aromatic N) is 2. The summed E-state index contributed by atoms with van der Waals surface area (Å²) >= 11 is 0. The largest absolute Gasteiger partial charge is 0.436 e. The van der Waals surface area contributed by atoms with Gasteiger partial charge >= 0.3 is 5.97 Å². The van der Waals surface area contributed by atoms with Crippen molar-refractivity contribution in [1.29, 1.82) is 0 Å². The first kappa shape index (κ1) is 49.1. The third kappa shape index (κ3) is 19.8. The maximum absolute atomic E-state index is 12.9. The monoisotopic (exact) mass is 723 g/mol. The number of rotatable bonds is 24. The number of aliphatic hydroxyl groups is 4. The Morgan fingerprint density at radius 3 is 2.04 bits per heavy atom. The number of esters is 1. The zero-order chi connectivity index (χ0) is 38.6. The van der Waals surface area contributed by atoms with Crippen molar-refractivity contribution in [2.75, 3.05) is 34.5 Å². The number of hydrogen-bond acceptors (Lipinski definition) is 12. The molecule has 4 N–H and O–H groups in total. The Morgan fingerprint density at radius 2 is 1.54 bits per heavy atom. The van der Waals surface area contributed by atoms with Gasteiger partial charge in [0.05, 0.1) is 24.9 Å². The number of aliphatic hydroxyl groups excluding tert-OH is 4. The average Bonchev–Trinajstić information content (AvgIpc) is 3.04. The minimum atomic E-state index is -1.16. The summed E-state index contributed by atoms with van der Waals surface area (Å²) in [6, 6.07) is 0.680. The second-order valence-electron chi connectivity index (χ2n) is 15.1. The molecule has 1 heterocycles. The third-order valence-electron chi connectivity index (χ3n) is 9.72. The topological polar surface area (TPSA) is 151 Å². The van der Waals surface area contributed by atoms with Gasteiger partial charge in [0.15, 0.2) is 25.2 Å². The minimum absolute atomic E-state index is 0.0271. The van der Waals surface area contributed by atoms with Crippen molar-refractivity contribution < 1.29 is 48.9 Å². The van der Waals surface area contributed by atoms with Gasteiger partial charge in [-0.3, -0.25) is 9.69 Å². The molecule has 0 amide bonds. The van der Waals surface area contributed by atoms with Crippen LogP contribution in [-0.4, -0.2) is 126 Å². The van der Waals surface area contributed by atoms with Gasteiger partial charge in [0.2, 0.25) is 0 Å². The molecule has 50 heavy (non-hydrogen) atoms. The van der Waals surface area contributed by atoms with Crippen LogP contribution in [0.1, 0.15) is 127 Å². The average molecular weight is 723 g/mol. The first-order valence-electron chi connectivity index (χ1n) is 19.2. The van der Waals surface area contributed by atoms with Crippen LogP contribution in [0, 0.1) is 23.7 Å². The molecule has 1 aliphatic heterocycles. The van der Waals surface area contributed by atoms with E-state index in [2.05, 4.69) is 44.4 Å². The fraction of sp³-hybridized carbons (Fsp3) is 0.974. The molecule has 0 aromatic rings. The third-order valence-corrected chi connectivity index (χ3v) is 9.72.